The Bertz CT molecular complexity index is 365. The first-order chi connectivity index (χ1) is 6.22. The van der Waals surface area contributed by atoms with Crippen LogP contribution in [0, 0.1) is 11.3 Å². The van der Waals surface area contributed by atoms with Crippen molar-refractivity contribution in [2.45, 2.75) is 12.5 Å². The second-order valence-corrected chi connectivity index (χ2v) is 2.77. The van der Waals surface area contributed by atoms with Crippen LogP contribution >= 0.6 is 0 Å². The predicted molar refractivity (Wildman–Crippen MR) is 45.1 cm³/mol. The molecule has 2 heterocycles. The van der Waals surface area contributed by atoms with Crippen LogP contribution in [0.3, 0.4) is 0 Å². The summed E-state index contributed by atoms with van der Waals surface area (Å²) >= 11 is 0. The van der Waals surface area contributed by atoms with E-state index >= 15 is 0 Å². The van der Waals surface area contributed by atoms with Crippen LogP contribution in [-0.4, -0.2) is 6.29 Å². The molecule has 0 amide bonds. The molecular formula is C7H9N5O. The summed E-state index contributed by atoms with van der Waals surface area (Å²) in [5.41, 5.74) is 12.3. The largest absolute Gasteiger partial charge is 0.447 e. The van der Waals surface area contributed by atoms with Crippen LogP contribution in [0.1, 0.15) is 17.3 Å². The van der Waals surface area contributed by atoms with Gasteiger partial charge in [0.15, 0.2) is 0 Å². The molecule has 0 bridgehead atoms. The fourth-order valence-corrected chi connectivity index (χ4v) is 1.33. The Balaban J connectivity index is 2.47. The summed E-state index contributed by atoms with van der Waals surface area (Å²) in [5.74, 6) is 0.468. The summed E-state index contributed by atoms with van der Waals surface area (Å²) in [5, 5.41) is 14.4. The van der Waals surface area contributed by atoms with Crippen LogP contribution < -0.4 is 22.1 Å². The van der Waals surface area contributed by atoms with Gasteiger partial charge >= 0.3 is 0 Å². The first-order valence-electron chi connectivity index (χ1n) is 3.77. The number of rotatable bonds is 0. The summed E-state index contributed by atoms with van der Waals surface area (Å²) in [6.45, 7) is 0. The molecule has 0 fully saturated rings. The molecule has 0 radical (unpaired) electrons. The lowest BCUT2D eigenvalue weighted by atomic mass is 10.1. The average Bonchev–Trinajstić information content (AvgIpc) is 2.47. The molecule has 0 aromatic carbocycles. The van der Waals surface area contributed by atoms with Gasteiger partial charge in [-0.05, 0) is 0 Å². The lowest BCUT2D eigenvalue weighted by molar-refractivity contribution is 0.440. The van der Waals surface area contributed by atoms with Gasteiger partial charge in [0.25, 0.3) is 0 Å². The topological polar surface area (TPSA) is 113 Å². The van der Waals surface area contributed by atoms with Crippen molar-refractivity contribution in [2.24, 2.45) is 11.5 Å². The first kappa shape index (κ1) is 8.07. The van der Waals surface area contributed by atoms with Gasteiger partial charge in [-0.2, -0.15) is 5.26 Å². The van der Waals surface area contributed by atoms with Gasteiger partial charge < -0.3 is 15.5 Å². The molecule has 2 unspecified atom stereocenters. The molecule has 1 aliphatic rings. The maximum atomic E-state index is 8.71. The molecule has 1 aromatic rings. The zero-order chi connectivity index (χ0) is 9.42. The van der Waals surface area contributed by atoms with E-state index in [4.69, 9.17) is 21.1 Å². The van der Waals surface area contributed by atoms with Gasteiger partial charge in [-0.3, -0.25) is 11.1 Å². The predicted octanol–water partition coefficient (Wildman–Crippen LogP) is -0.634. The second kappa shape index (κ2) is 2.74. The molecule has 13 heavy (non-hydrogen) atoms. The zero-order valence-corrected chi connectivity index (χ0v) is 6.74. The van der Waals surface area contributed by atoms with Crippen molar-refractivity contribution >= 4 is 5.88 Å². The van der Waals surface area contributed by atoms with E-state index in [0.29, 0.717) is 17.0 Å². The van der Waals surface area contributed by atoms with E-state index in [0.717, 1.165) is 0 Å². The van der Waals surface area contributed by atoms with Gasteiger partial charge in [-0.15, -0.1) is 0 Å². The Kier molecular flexibility index (Phi) is 1.70. The molecule has 6 heteroatoms. The number of furan rings is 1. The van der Waals surface area contributed by atoms with Gasteiger partial charge in [-0.1, -0.05) is 0 Å². The quantitative estimate of drug-likeness (QED) is 0.421. The Morgan fingerprint density at radius 3 is 3.00 bits per heavy atom. The average molecular weight is 179 g/mol. The van der Waals surface area contributed by atoms with Crippen molar-refractivity contribution in [3.63, 3.8) is 0 Å². The van der Waals surface area contributed by atoms with Crippen molar-refractivity contribution in [2.75, 3.05) is 5.32 Å². The molecule has 0 saturated heterocycles. The number of nitrogens with two attached hydrogens (primary N) is 2. The number of nitriles is 1. The van der Waals surface area contributed by atoms with Gasteiger partial charge in [0, 0.05) is 0 Å². The third-order valence-corrected chi connectivity index (χ3v) is 1.91. The second-order valence-electron chi connectivity index (χ2n) is 2.77. The standard InChI is InChI=1S/C7H9N5O/c8-1-3-2-13-6-4(3)5(9)11-7(10)12-6/h2,5,7,11-12H,9-10H2. The monoisotopic (exact) mass is 179 g/mol. The lowest BCUT2D eigenvalue weighted by Crippen LogP contribution is -2.51. The summed E-state index contributed by atoms with van der Waals surface area (Å²) < 4.78 is 5.09. The van der Waals surface area contributed by atoms with Gasteiger partial charge in [0.05, 0.1) is 17.3 Å². The third-order valence-electron chi connectivity index (χ3n) is 1.91. The molecule has 68 valence electrons. The maximum Gasteiger partial charge on any atom is 0.202 e. The van der Waals surface area contributed by atoms with E-state index in [2.05, 4.69) is 10.6 Å². The minimum Gasteiger partial charge on any atom is -0.447 e. The van der Waals surface area contributed by atoms with Crippen molar-refractivity contribution < 1.29 is 4.42 Å². The van der Waals surface area contributed by atoms with Crippen molar-refractivity contribution in [3.8, 4) is 6.07 Å². The third kappa shape index (κ3) is 1.15. The van der Waals surface area contributed by atoms with Crippen LogP contribution in [0.25, 0.3) is 0 Å². The Hall–Kier alpha value is -1.55. The Labute approximate surface area is 74.5 Å². The number of nitrogens with zero attached hydrogens (tertiary/aromatic N) is 1. The van der Waals surface area contributed by atoms with E-state index in [1.54, 1.807) is 0 Å². The van der Waals surface area contributed by atoms with E-state index in [-0.39, 0.29) is 0 Å². The van der Waals surface area contributed by atoms with Gasteiger partial charge in [0.1, 0.15) is 18.6 Å². The summed E-state index contributed by atoms with van der Waals surface area (Å²) in [7, 11) is 0. The minimum absolute atomic E-state index is 0.425. The van der Waals surface area contributed by atoms with Crippen molar-refractivity contribution in [3.05, 3.63) is 17.4 Å². The zero-order valence-electron chi connectivity index (χ0n) is 6.74. The van der Waals surface area contributed by atoms with Gasteiger partial charge in [0.2, 0.25) is 5.88 Å². The highest BCUT2D eigenvalue weighted by atomic mass is 16.3. The lowest BCUT2D eigenvalue weighted by Gasteiger charge is -2.26. The smallest absolute Gasteiger partial charge is 0.202 e. The maximum absolute atomic E-state index is 8.71. The van der Waals surface area contributed by atoms with Crippen LogP contribution in [0.15, 0.2) is 10.7 Å². The number of anilines is 1. The van der Waals surface area contributed by atoms with Crippen LogP contribution in [0.4, 0.5) is 5.88 Å². The molecule has 2 rings (SSSR count). The van der Waals surface area contributed by atoms with Crippen molar-refractivity contribution in [1.29, 1.82) is 5.26 Å². The molecule has 0 saturated carbocycles. The molecule has 6 N–H and O–H groups in total. The normalized spacial score (nSPS) is 25.9. The fraction of sp³-hybridized carbons (Fsp3) is 0.286. The highest BCUT2D eigenvalue weighted by Gasteiger charge is 2.26. The Morgan fingerprint density at radius 1 is 1.54 bits per heavy atom. The van der Waals surface area contributed by atoms with E-state index in [1.165, 1.54) is 6.26 Å². The number of hydrogen-bond acceptors (Lipinski definition) is 6. The summed E-state index contributed by atoms with van der Waals surface area (Å²) in [6.07, 6.45) is 0.455. The van der Waals surface area contributed by atoms with Crippen LogP contribution in [-0.2, 0) is 0 Å². The number of hydrogen-bond donors (Lipinski definition) is 4. The van der Waals surface area contributed by atoms with E-state index < -0.39 is 12.5 Å². The molecule has 1 aromatic heterocycles. The van der Waals surface area contributed by atoms with E-state index in [9.17, 15) is 0 Å². The molecule has 6 nitrogen and oxygen atoms in total. The Morgan fingerprint density at radius 2 is 2.31 bits per heavy atom. The number of nitrogens with one attached hydrogen (secondary N) is 2. The van der Waals surface area contributed by atoms with E-state index in [1.807, 2.05) is 6.07 Å². The fourth-order valence-electron chi connectivity index (χ4n) is 1.33. The SMILES string of the molecule is N#Cc1coc2c1C(N)NC(N)N2. The van der Waals surface area contributed by atoms with Crippen molar-refractivity contribution in [1.82, 2.24) is 5.32 Å². The summed E-state index contributed by atoms with van der Waals surface area (Å²) in [6, 6.07) is 1.99. The molecule has 1 aliphatic heterocycles. The molecule has 2 atom stereocenters. The van der Waals surface area contributed by atoms with Crippen LogP contribution in [0.5, 0.6) is 0 Å². The molecule has 0 spiro atoms. The van der Waals surface area contributed by atoms with Crippen LogP contribution in [0.2, 0.25) is 0 Å². The highest BCUT2D eigenvalue weighted by Crippen LogP contribution is 2.28. The molecular weight excluding hydrogens is 170 g/mol. The number of fused-ring (bicyclic) bond motifs is 1. The molecule has 0 aliphatic carbocycles. The first-order valence-corrected chi connectivity index (χ1v) is 3.77. The van der Waals surface area contributed by atoms with Gasteiger partial charge in [-0.25, -0.2) is 0 Å². The summed E-state index contributed by atoms with van der Waals surface area (Å²) in [4.78, 5) is 0. The highest BCUT2D eigenvalue weighted by molar-refractivity contribution is 5.54. The minimum atomic E-state index is -0.459.